The topological polar surface area (TPSA) is 114 Å². The number of phenolic OH excluding ortho intramolecular Hbond substituents is 1. The van der Waals surface area contributed by atoms with E-state index < -0.39 is 30.1 Å². The molecule has 0 aliphatic rings. The maximum Gasteiger partial charge on any atom is 0.408 e. The van der Waals surface area contributed by atoms with Gasteiger partial charge >= 0.3 is 12.1 Å². The lowest BCUT2D eigenvalue weighted by Crippen LogP contribution is -2.52. The number of aromatic hydroxyl groups is 1. The molecular weight excluding hydrogens is 432 g/mol. The van der Waals surface area contributed by atoms with Crippen molar-refractivity contribution in [3.8, 4) is 5.75 Å². The Hall–Kier alpha value is -3.20. The summed E-state index contributed by atoms with van der Waals surface area (Å²) in [7, 11) is 1.26. The van der Waals surface area contributed by atoms with Gasteiger partial charge in [0, 0.05) is 6.42 Å². The molecule has 0 fully saturated rings. The van der Waals surface area contributed by atoms with Gasteiger partial charge in [-0.1, -0.05) is 42.5 Å². The van der Waals surface area contributed by atoms with E-state index in [-0.39, 0.29) is 18.8 Å². The minimum atomic E-state index is -0.996. The highest BCUT2D eigenvalue weighted by atomic mass is 32.2. The number of amides is 2. The van der Waals surface area contributed by atoms with Crippen LogP contribution in [0.25, 0.3) is 0 Å². The van der Waals surface area contributed by atoms with Crippen LogP contribution in [-0.2, 0) is 32.1 Å². The van der Waals surface area contributed by atoms with E-state index in [4.69, 9.17) is 9.47 Å². The molecule has 32 heavy (non-hydrogen) atoms. The SMILES string of the molecule is COC(=O)[C@H](CCSC)NC(=O)[C@H](Cc1ccc(O)cc1)NC(=O)OCc1ccccc1. The lowest BCUT2D eigenvalue weighted by atomic mass is 10.0. The van der Waals surface area contributed by atoms with E-state index in [0.717, 1.165) is 5.56 Å². The number of carbonyl (C=O) groups excluding carboxylic acids is 3. The molecule has 9 heteroatoms. The molecule has 2 atom stereocenters. The Morgan fingerprint density at radius 1 is 0.969 bits per heavy atom. The van der Waals surface area contributed by atoms with Crippen molar-refractivity contribution in [3.63, 3.8) is 0 Å². The monoisotopic (exact) mass is 460 g/mol. The van der Waals surface area contributed by atoms with Gasteiger partial charge in [-0.3, -0.25) is 4.79 Å². The van der Waals surface area contributed by atoms with Gasteiger partial charge < -0.3 is 25.2 Å². The number of carbonyl (C=O) groups is 3. The van der Waals surface area contributed by atoms with Crippen molar-refractivity contribution in [2.24, 2.45) is 0 Å². The lowest BCUT2D eigenvalue weighted by Gasteiger charge is -2.22. The molecule has 0 aliphatic carbocycles. The summed E-state index contributed by atoms with van der Waals surface area (Å²) in [4.78, 5) is 37.4. The maximum absolute atomic E-state index is 13.0. The number of ether oxygens (including phenoxy) is 2. The van der Waals surface area contributed by atoms with Crippen LogP contribution < -0.4 is 10.6 Å². The van der Waals surface area contributed by atoms with Crippen LogP contribution >= 0.6 is 11.8 Å². The average molecular weight is 461 g/mol. The zero-order chi connectivity index (χ0) is 23.3. The fourth-order valence-corrected chi connectivity index (χ4v) is 3.35. The Labute approximate surface area is 191 Å². The van der Waals surface area contributed by atoms with Gasteiger partial charge in [0.25, 0.3) is 0 Å². The first-order valence-corrected chi connectivity index (χ1v) is 11.4. The first-order chi connectivity index (χ1) is 15.4. The second-order valence-electron chi connectivity index (χ2n) is 7.00. The summed E-state index contributed by atoms with van der Waals surface area (Å²) in [5.74, 6) is -0.351. The number of phenols is 1. The van der Waals surface area contributed by atoms with Gasteiger partial charge in [-0.2, -0.15) is 11.8 Å². The Bertz CT molecular complexity index is 876. The Kier molecular flexibility index (Phi) is 10.4. The van der Waals surface area contributed by atoms with Crippen molar-refractivity contribution < 1.29 is 29.0 Å². The third-order valence-electron chi connectivity index (χ3n) is 4.61. The van der Waals surface area contributed by atoms with Crippen LogP contribution in [0.5, 0.6) is 5.75 Å². The van der Waals surface area contributed by atoms with Gasteiger partial charge in [-0.05, 0) is 41.7 Å². The highest BCUT2D eigenvalue weighted by molar-refractivity contribution is 7.98. The first-order valence-electron chi connectivity index (χ1n) is 10.0. The van der Waals surface area contributed by atoms with Crippen LogP contribution in [0.4, 0.5) is 4.79 Å². The normalized spacial score (nSPS) is 12.3. The molecule has 0 saturated heterocycles. The molecule has 0 aliphatic heterocycles. The third kappa shape index (κ3) is 8.50. The number of benzene rings is 2. The molecule has 0 bridgehead atoms. The molecule has 2 rings (SSSR count). The Balaban J connectivity index is 2.09. The van der Waals surface area contributed by atoms with Crippen molar-refractivity contribution in [2.75, 3.05) is 19.1 Å². The highest BCUT2D eigenvalue weighted by Gasteiger charge is 2.27. The number of alkyl carbamates (subject to hydrolysis) is 1. The number of methoxy groups -OCH3 is 1. The van der Waals surface area contributed by atoms with E-state index in [0.29, 0.717) is 17.7 Å². The second kappa shape index (κ2) is 13.3. The van der Waals surface area contributed by atoms with Gasteiger partial charge in [0.15, 0.2) is 0 Å². The smallest absolute Gasteiger partial charge is 0.408 e. The Morgan fingerprint density at radius 2 is 1.66 bits per heavy atom. The van der Waals surface area contributed by atoms with Gasteiger partial charge in [-0.15, -0.1) is 0 Å². The lowest BCUT2D eigenvalue weighted by molar-refractivity contribution is -0.145. The van der Waals surface area contributed by atoms with Crippen LogP contribution in [0.1, 0.15) is 17.5 Å². The molecule has 8 nitrogen and oxygen atoms in total. The molecule has 3 N–H and O–H groups in total. The molecule has 0 heterocycles. The zero-order valence-electron chi connectivity index (χ0n) is 18.1. The molecule has 0 saturated carbocycles. The van der Waals surface area contributed by atoms with Crippen molar-refractivity contribution in [3.05, 3.63) is 65.7 Å². The van der Waals surface area contributed by atoms with E-state index in [1.54, 1.807) is 12.1 Å². The van der Waals surface area contributed by atoms with Crippen LogP contribution in [0.3, 0.4) is 0 Å². The molecule has 172 valence electrons. The summed E-state index contributed by atoms with van der Waals surface area (Å²) in [6.07, 6.45) is 1.67. The maximum atomic E-state index is 13.0. The van der Waals surface area contributed by atoms with Crippen LogP contribution in [0.2, 0.25) is 0 Å². The van der Waals surface area contributed by atoms with Gasteiger partial charge in [0.05, 0.1) is 7.11 Å². The predicted octanol–water partition coefficient (Wildman–Crippen LogP) is 2.64. The molecule has 2 amide bonds. The summed E-state index contributed by atoms with van der Waals surface area (Å²) in [6, 6.07) is 13.6. The number of esters is 1. The van der Waals surface area contributed by atoms with E-state index >= 15 is 0 Å². The minimum absolute atomic E-state index is 0.0543. The molecule has 2 aromatic carbocycles. The predicted molar refractivity (Wildman–Crippen MR) is 122 cm³/mol. The number of nitrogens with one attached hydrogen (secondary N) is 2. The minimum Gasteiger partial charge on any atom is -0.508 e. The number of hydrogen-bond acceptors (Lipinski definition) is 7. The third-order valence-corrected chi connectivity index (χ3v) is 5.25. The Morgan fingerprint density at radius 3 is 2.28 bits per heavy atom. The van der Waals surface area contributed by atoms with E-state index in [9.17, 15) is 19.5 Å². The van der Waals surface area contributed by atoms with Gasteiger partial charge in [0.1, 0.15) is 24.4 Å². The van der Waals surface area contributed by atoms with Crippen LogP contribution in [0.15, 0.2) is 54.6 Å². The number of rotatable bonds is 11. The molecule has 0 unspecified atom stereocenters. The largest absolute Gasteiger partial charge is 0.508 e. The molecular formula is C23H28N2O6S. The van der Waals surface area contributed by atoms with Crippen molar-refractivity contribution in [1.82, 2.24) is 10.6 Å². The molecule has 0 radical (unpaired) electrons. The zero-order valence-corrected chi connectivity index (χ0v) is 18.9. The molecule has 0 aromatic heterocycles. The number of hydrogen-bond donors (Lipinski definition) is 3. The standard InChI is InChI=1S/C23H28N2O6S/c1-30-22(28)19(12-13-32-2)24-21(27)20(14-16-8-10-18(26)11-9-16)25-23(29)31-15-17-6-4-3-5-7-17/h3-11,19-20,26H,12-15H2,1-2H3,(H,24,27)(H,25,29)/t19-,20-/m0/s1. The van der Waals surface area contributed by atoms with Crippen molar-refractivity contribution in [2.45, 2.75) is 31.5 Å². The average Bonchev–Trinajstić information content (AvgIpc) is 2.81. The first kappa shape index (κ1) is 25.1. The van der Waals surface area contributed by atoms with Crippen LogP contribution in [-0.4, -0.2) is 54.3 Å². The summed E-state index contributed by atoms with van der Waals surface area (Å²) in [5.41, 5.74) is 1.52. The van der Waals surface area contributed by atoms with Gasteiger partial charge in [-0.25, -0.2) is 9.59 Å². The van der Waals surface area contributed by atoms with Crippen LogP contribution in [0, 0.1) is 0 Å². The van der Waals surface area contributed by atoms with E-state index in [1.807, 2.05) is 36.6 Å². The fourth-order valence-electron chi connectivity index (χ4n) is 2.88. The summed E-state index contributed by atoms with van der Waals surface area (Å²) in [5, 5.41) is 14.7. The van der Waals surface area contributed by atoms with Crippen molar-refractivity contribution in [1.29, 1.82) is 0 Å². The summed E-state index contributed by atoms with van der Waals surface area (Å²) in [6.45, 7) is 0.0543. The van der Waals surface area contributed by atoms with Crippen molar-refractivity contribution >= 4 is 29.7 Å². The number of thioether (sulfide) groups is 1. The van der Waals surface area contributed by atoms with E-state index in [2.05, 4.69) is 10.6 Å². The second-order valence-corrected chi connectivity index (χ2v) is 7.98. The fraction of sp³-hybridized carbons (Fsp3) is 0.348. The quantitative estimate of drug-likeness (QED) is 0.442. The summed E-state index contributed by atoms with van der Waals surface area (Å²) < 4.78 is 10.0. The molecule has 0 spiro atoms. The summed E-state index contributed by atoms with van der Waals surface area (Å²) >= 11 is 1.54. The van der Waals surface area contributed by atoms with Gasteiger partial charge in [0.2, 0.25) is 5.91 Å². The molecule has 2 aromatic rings. The highest BCUT2D eigenvalue weighted by Crippen LogP contribution is 2.12. The van der Waals surface area contributed by atoms with E-state index in [1.165, 1.54) is 31.0 Å².